The third-order valence-electron chi connectivity index (χ3n) is 5.48. The van der Waals surface area contributed by atoms with Crippen LogP contribution in [-0.2, 0) is 11.3 Å². The molecule has 0 saturated heterocycles. The third-order valence-corrected chi connectivity index (χ3v) is 5.48. The normalized spacial score (nSPS) is 17.8. The van der Waals surface area contributed by atoms with Gasteiger partial charge in [-0.3, -0.25) is 0 Å². The number of methoxy groups -OCH3 is 1. The number of halogens is 1. The topological polar surface area (TPSA) is 54.9 Å². The highest BCUT2D eigenvalue weighted by molar-refractivity contribution is 14.0. The molecule has 2 aliphatic rings. The van der Waals surface area contributed by atoms with Crippen LogP contribution in [0.15, 0.2) is 29.3 Å². The van der Waals surface area contributed by atoms with E-state index in [0.29, 0.717) is 12.0 Å². The first-order chi connectivity index (χ1) is 12.8. The predicted octanol–water partition coefficient (Wildman–Crippen LogP) is 3.97. The van der Waals surface area contributed by atoms with Crippen molar-refractivity contribution in [2.75, 3.05) is 33.4 Å². The molecule has 0 heterocycles. The molecule has 3 rings (SSSR count). The van der Waals surface area contributed by atoms with Crippen molar-refractivity contribution in [3.05, 3.63) is 29.8 Å². The highest BCUT2D eigenvalue weighted by atomic mass is 127. The second kappa shape index (κ2) is 11.1. The van der Waals surface area contributed by atoms with Gasteiger partial charge in [0, 0.05) is 26.3 Å². The minimum absolute atomic E-state index is 0. The van der Waals surface area contributed by atoms with Crippen LogP contribution in [0.3, 0.4) is 0 Å². The standard InChI is InChI=1S/C21H33N3O2.HI/c1-3-26-14-4-13-22-20(24-16-21(11-12-21)18-7-8-18)23-15-17-5-9-19(25-2)10-6-17;/h5-6,9-10,18H,3-4,7-8,11-16H2,1-2H3,(H2,22,23,24);1H. The van der Waals surface area contributed by atoms with Crippen LogP contribution in [0.25, 0.3) is 0 Å². The average Bonchev–Trinajstić information content (AvgIpc) is 3.56. The van der Waals surface area contributed by atoms with Gasteiger partial charge in [0.05, 0.1) is 13.7 Å². The fourth-order valence-electron chi connectivity index (χ4n) is 3.45. The average molecular weight is 487 g/mol. The highest BCUT2D eigenvalue weighted by Gasteiger charge is 2.53. The summed E-state index contributed by atoms with van der Waals surface area (Å²) in [6, 6.07) is 8.11. The molecule has 152 valence electrons. The monoisotopic (exact) mass is 487 g/mol. The fourth-order valence-corrected chi connectivity index (χ4v) is 3.45. The molecule has 27 heavy (non-hydrogen) atoms. The molecule has 0 radical (unpaired) electrons. The molecule has 0 aliphatic heterocycles. The number of aliphatic imine (C=N–C) groups is 1. The Morgan fingerprint density at radius 1 is 1.19 bits per heavy atom. The molecular formula is C21H34IN3O2. The van der Waals surface area contributed by atoms with Crippen molar-refractivity contribution < 1.29 is 9.47 Å². The lowest BCUT2D eigenvalue weighted by atomic mass is 10.0. The number of hydrogen-bond acceptors (Lipinski definition) is 3. The molecule has 0 atom stereocenters. The van der Waals surface area contributed by atoms with E-state index in [-0.39, 0.29) is 24.0 Å². The number of nitrogens with zero attached hydrogens (tertiary/aromatic N) is 1. The van der Waals surface area contributed by atoms with Crippen LogP contribution in [0.1, 0.15) is 44.6 Å². The van der Waals surface area contributed by atoms with Gasteiger partial charge >= 0.3 is 0 Å². The van der Waals surface area contributed by atoms with E-state index in [2.05, 4.69) is 22.8 Å². The summed E-state index contributed by atoms with van der Waals surface area (Å²) in [7, 11) is 1.69. The van der Waals surface area contributed by atoms with E-state index in [9.17, 15) is 0 Å². The van der Waals surface area contributed by atoms with Crippen LogP contribution >= 0.6 is 24.0 Å². The van der Waals surface area contributed by atoms with Gasteiger partial charge in [0.2, 0.25) is 0 Å². The van der Waals surface area contributed by atoms with Crippen molar-refractivity contribution in [2.45, 2.75) is 45.6 Å². The zero-order chi connectivity index (χ0) is 18.2. The lowest BCUT2D eigenvalue weighted by Gasteiger charge is -2.18. The molecule has 0 amide bonds. The van der Waals surface area contributed by atoms with Crippen molar-refractivity contribution in [3.8, 4) is 5.75 Å². The fraction of sp³-hybridized carbons (Fsp3) is 0.667. The number of hydrogen-bond donors (Lipinski definition) is 2. The Hall–Kier alpha value is -1.02. The van der Waals surface area contributed by atoms with E-state index < -0.39 is 0 Å². The summed E-state index contributed by atoms with van der Waals surface area (Å²) in [5, 5.41) is 7.07. The summed E-state index contributed by atoms with van der Waals surface area (Å²) in [6.45, 7) is 6.20. The number of ether oxygens (including phenoxy) is 2. The van der Waals surface area contributed by atoms with E-state index in [1.165, 1.54) is 31.2 Å². The molecule has 5 nitrogen and oxygen atoms in total. The Labute approximate surface area is 180 Å². The smallest absolute Gasteiger partial charge is 0.191 e. The van der Waals surface area contributed by atoms with Crippen molar-refractivity contribution in [1.82, 2.24) is 10.6 Å². The van der Waals surface area contributed by atoms with Crippen LogP contribution in [0, 0.1) is 11.3 Å². The number of rotatable bonds is 11. The Morgan fingerprint density at radius 3 is 2.52 bits per heavy atom. The van der Waals surface area contributed by atoms with Crippen LogP contribution < -0.4 is 15.4 Å². The summed E-state index contributed by atoms with van der Waals surface area (Å²) in [5.74, 6) is 2.75. The Kier molecular flexibility index (Phi) is 9.15. The van der Waals surface area contributed by atoms with Crippen molar-refractivity contribution in [3.63, 3.8) is 0 Å². The largest absolute Gasteiger partial charge is 0.497 e. The lowest BCUT2D eigenvalue weighted by Crippen LogP contribution is -2.41. The number of benzene rings is 1. The van der Waals surface area contributed by atoms with E-state index in [1.54, 1.807) is 7.11 Å². The Morgan fingerprint density at radius 2 is 1.93 bits per heavy atom. The Balaban J connectivity index is 0.00000261. The molecule has 6 heteroatoms. The van der Waals surface area contributed by atoms with Gasteiger partial charge in [-0.1, -0.05) is 12.1 Å². The number of nitrogens with one attached hydrogen (secondary N) is 2. The number of guanidine groups is 1. The van der Waals surface area contributed by atoms with E-state index in [1.807, 2.05) is 19.1 Å². The maximum atomic E-state index is 5.42. The molecule has 2 aliphatic carbocycles. The Bertz CT molecular complexity index is 584. The zero-order valence-electron chi connectivity index (χ0n) is 16.6. The van der Waals surface area contributed by atoms with Gasteiger partial charge in [0.15, 0.2) is 5.96 Å². The molecule has 0 spiro atoms. The maximum absolute atomic E-state index is 5.42. The van der Waals surface area contributed by atoms with Crippen LogP contribution in [0.4, 0.5) is 0 Å². The summed E-state index contributed by atoms with van der Waals surface area (Å²) in [5.41, 5.74) is 1.75. The van der Waals surface area contributed by atoms with Crippen molar-refractivity contribution in [1.29, 1.82) is 0 Å². The maximum Gasteiger partial charge on any atom is 0.191 e. The third kappa shape index (κ3) is 7.14. The first-order valence-corrected chi connectivity index (χ1v) is 9.98. The van der Waals surface area contributed by atoms with Crippen LogP contribution in [0.2, 0.25) is 0 Å². The molecule has 0 aromatic heterocycles. The van der Waals surface area contributed by atoms with Gasteiger partial charge < -0.3 is 20.1 Å². The molecular weight excluding hydrogens is 453 g/mol. The SMILES string of the molecule is CCOCCCNC(=NCc1ccc(OC)cc1)NCC1(C2CC2)CC1.I. The van der Waals surface area contributed by atoms with Crippen LogP contribution in [-0.4, -0.2) is 39.4 Å². The van der Waals surface area contributed by atoms with Crippen molar-refractivity contribution in [2.24, 2.45) is 16.3 Å². The molecule has 1 aromatic rings. The molecule has 2 fully saturated rings. The van der Waals surface area contributed by atoms with Crippen molar-refractivity contribution >= 4 is 29.9 Å². The van der Waals surface area contributed by atoms with Gasteiger partial charge in [-0.25, -0.2) is 4.99 Å². The summed E-state index contributed by atoms with van der Waals surface area (Å²) < 4.78 is 10.6. The second-order valence-electron chi connectivity index (χ2n) is 7.48. The van der Waals surface area contributed by atoms with E-state index in [4.69, 9.17) is 14.5 Å². The predicted molar refractivity (Wildman–Crippen MR) is 121 cm³/mol. The quantitative estimate of drug-likeness (QED) is 0.215. The minimum atomic E-state index is 0. The van der Waals surface area contributed by atoms with E-state index in [0.717, 1.165) is 50.4 Å². The van der Waals surface area contributed by atoms with E-state index >= 15 is 0 Å². The molecule has 0 unspecified atom stereocenters. The summed E-state index contributed by atoms with van der Waals surface area (Å²) in [6.07, 6.45) is 6.58. The highest BCUT2D eigenvalue weighted by Crippen LogP contribution is 2.60. The lowest BCUT2D eigenvalue weighted by molar-refractivity contribution is 0.145. The van der Waals surface area contributed by atoms with Crippen LogP contribution in [0.5, 0.6) is 5.75 Å². The zero-order valence-corrected chi connectivity index (χ0v) is 19.0. The van der Waals surface area contributed by atoms with Gasteiger partial charge in [0.1, 0.15) is 5.75 Å². The van der Waals surface area contributed by atoms with Gasteiger partial charge in [0.25, 0.3) is 0 Å². The molecule has 2 N–H and O–H groups in total. The first kappa shape index (κ1) is 22.3. The van der Waals surface area contributed by atoms with Gasteiger partial charge in [-0.05, 0) is 68.1 Å². The molecule has 1 aromatic carbocycles. The minimum Gasteiger partial charge on any atom is -0.497 e. The van der Waals surface area contributed by atoms with Gasteiger partial charge in [-0.2, -0.15) is 0 Å². The molecule has 0 bridgehead atoms. The second-order valence-corrected chi connectivity index (χ2v) is 7.48. The first-order valence-electron chi connectivity index (χ1n) is 9.98. The summed E-state index contributed by atoms with van der Waals surface area (Å²) >= 11 is 0. The summed E-state index contributed by atoms with van der Waals surface area (Å²) in [4.78, 5) is 4.79. The van der Waals surface area contributed by atoms with Gasteiger partial charge in [-0.15, -0.1) is 24.0 Å². The molecule has 2 saturated carbocycles.